The van der Waals surface area contributed by atoms with Crippen LogP contribution in [0.1, 0.15) is 22.0 Å². The molecule has 0 bridgehead atoms. The van der Waals surface area contributed by atoms with Crippen LogP contribution in [-0.4, -0.2) is 35.5 Å². The van der Waals surface area contributed by atoms with E-state index in [9.17, 15) is 9.90 Å². The highest BCUT2D eigenvalue weighted by atomic mass is 35.5. The minimum atomic E-state index is -0.0218. The van der Waals surface area contributed by atoms with Gasteiger partial charge in [-0.05, 0) is 17.7 Å². The number of nitrogens with one attached hydrogen (secondary N) is 1. The number of hydrogen-bond donors (Lipinski definition) is 2. The quantitative estimate of drug-likeness (QED) is 0.755. The molecule has 1 aromatic carbocycles. The fourth-order valence-electron chi connectivity index (χ4n) is 2.47. The average molecular weight is 275 g/mol. The van der Waals surface area contributed by atoms with Crippen LogP contribution in [0.15, 0.2) is 12.1 Å². The maximum atomic E-state index is 12.1. The molecule has 0 aliphatic carbocycles. The van der Waals surface area contributed by atoms with Gasteiger partial charge in [0.05, 0.1) is 16.6 Å². The molecule has 17 heavy (non-hydrogen) atoms. The molecule has 0 aromatic heterocycles. The average Bonchev–Trinajstić information content (AvgIpc) is 2.54. The summed E-state index contributed by atoms with van der Waals surface area (Å²) >= 11 is 6.01. The lowest BCUT2D eigenvalue weighted by Crippen LogP contribution is -2.44. The van der Waals surface area contributed by atoms with Gasteiger partial charge in [-0.3, -0.25) is 4.79 Å². The second kappa shape index (κ2) is 4.37. The maximum Gasteiger partial charge on any atom is 0.256 e. The van der Waals surface area contributed by atoms with Gasteiger partial charge in [-0.15, -0.1) is 12.4 Å². The van der Waals surface area contributed by atoms with Crippen molar-refractivity contribution in [2.75, 3.05) is 19.6 Å². The number of phenolic OH excluding ortho intramolecular Hbond substituents is 1. The number of fused-ring (bicyclic) bond motifs is 3. The Morgan fingerprint density at radius 1 is 1.47 bits per heavy atom. The minimum absolute atomic E-state index is 0. The van der Waals surface area contributed by atoms with Gasteiger partial charge >= 0.3 is 0 Å². The zero-order valence-electron chi connectivity index (χ0n) is 8.94. The summed E-state index contributed by atoms with van der Waals surface area (Å²) in [6, 6.07) is 3.07. The Bertz CT molecular complexity index is 479. The topological polar surface area (TPSA) is 52.6 Å². The SMILES string of the molecule is Cl.O=C1c2c(Cl)cc(O)cc2[C@@H]2CNCCN12. The number of hydrogen-bond acceptors (Lipinski definition) is 3. The molecule has 0 radical (unpaired) electrons. The number of benzene rings is 1. The second-order valence-electron chi connectivity index (χ2n) is 4.11. The molecule has 92 valence electrons. The molecule has 0 saturated carbocycles. The lowest BCUT2D eigenvalue weighted by molar-refractivity contribution is 0.0691. The number of halogens is 2. The number of piperazine rings is 1. The summed E-state index contributed by atoms with van der Waals surface area (Å²) in [7, 11) is 0. The number of aromatic hydroxyl groups is 1. The van der Waals surface area contributed by atoms with Crippen molar-refractivity contribution in [2.45, 2.75) is 6.04 Å². The molecule has 0 unspecified atom stereocenters. The molecule has 1 atom stereocenters. The van der Waals surface area contributed by atoms with Crippen molar-refractivity contribution < 1.29 is 9.90 Å². The van der Waals surface area contributed by atoms with E-state index >= 15 is 0 Å². The van der Waals surface area contributed by atoms with Crippen LogP contribution in [0.4, 0.5) is 0 Å². The van der Waals surface area contributed by atoms with Gasteiger partial charge in [0.15, 0.2) is 0 Å². The molecule has 2 N–H and O–H groups in total. The normalized spacial score (nSPS) is 21.8. The first-order valence-electron chi connectivity index (χ1n) is 5.22. The molecule has 1 saturated heterocycles. The van der Waals surface area contributed by atoms with Crippen LogP contribution in [0, 0.1) is 0 Å². The van der Waals surface area contributed by atoms with Crippen molar-refractivity contribution in [3.8, 4) is 5.75 Å². The van der Waals surface area contributed by atoms with Crippen LogP contribution < -0.4 is 5.32 Å². The van der Waals surface area contributed by atoms with Crippen LogP contribution in [-0.2, 0) is 0 Å². The van der Waals surface area contributed by atoms with Crippen molar-refractivity contribution in [2.24, 2.45) is 0 Å². The summed E-state index contributed by atoms with van der Waals surface area (Å²) in [4.78, 5) is 13.9. The van der Waals surface area contributed by atoms with Crippen LogP contribution in [0.25, 0.3) is 0 Å². The Balaban J connectivity index is 0.00000108. The number of carbonyl (C=O) groups excluding carboxylic acids is 1. The highest BCUT2D eigenvalue weighted by Crippen LogP contribution is 2.40. The molecule has 2 heterocycles. The molecule has 2 aliphatic rings. The predicted octanol–water partition coefficient (Wildman–Crippen LogP) is 1.57. The van der Waals surface area contributed by atoms with Gasteiger partial charge in [-0.1, -0.05) is 11.6 Å². The van der Waals surface area contributed by atoms with Crippen molar-refractivity contribution in [3.63, 3.8) is 0 Å². The van der Waals surface area contributed by atoms with Crippen molar-refractivity contribution in [1.82, 2.24) is 10.2 Å². The monoisotopic (exact) mass is 274 g/mol. The number of rotatable bonds is 0. The fourth-order valence-corrected chi connectivity index (χ4v) is 2.77. The molecule has 1 fully saturated rings. The summed E-state index contributed by atoms with van der Waals surface area (Å²) in [5, 5.41) is 13.1. The number of phenols is 1. The molecule has 1 amide bonds. The molecule has 1 aromatic rings. The first-order chi connectivity index (χ1) is 7.68. The van der Waals surface area contributed by atoms with Crippen LogP contribution in [0.5, 0.6) is 5.75 Å². The highest BCUT2D eigenvalue weighted by Gasteiger charge is 2.39. The summed E-state index contributed by atoms with van der Waals surface area (Å²) in [5.74, 6) is 0.0930. The Morgan fingerprint density at radius 3 is 3.00 bits per heavy atom. The Kier molecular flexibility index (Phi) is 3.21. The second-order valence-corrected chi connectivity index (χ2v) is 4.52. The molecule has 2 aliphatic heterocycles. The van der Waals surface area contributed by atoms with Crippen molar-refractivity contribution >= 4 is 29.9 Å². The summed E-state index contributed by atoms with van der Waals surface area (Å²) < 4.78 is 0. The lowest BCUT2D eigenvalue weighted by Gasteiger charge is -2.30. The van der Waals surface area contributed by atoms with Gasteiger partial charge in [-0.25, -0.2) is 0 Å². The summed E-state index contributed by atoms with van der Waals surface area (Å²) in [6.07, 6.45) is 0. The molecule has 6 heteroatoms. The summed E-state index contributed by atoms with van der Waals surface area (Å²) in [5.41, 5.74) is 1.38. The maximum absolute atomic E-state index is 12.1. The Labute approximate surface area is 110 Å². The largest absolute Gasteiger partial charge is 0.508 e. The number of carbonyl (C=O) groups is 1. The van der Waals surface area contributed by atoms with E-state index in [1.807, 2.05) is 4.90 Å². The highest BCUT2D eigenvalue weighted by molar-refractivity contribution is 6.34. The zero-order chi connectivity index (χ0) is 11.3. The van der Waals surface area contributed by atoms with Crippen molar-refractivity contribution in [1.29, 1.82) is 0 Å². The standard InChI is InChI=1S/C11H11ClN2O2.ClH/c12-8-4-6(15)3-7-9-5-13-1-2-14(9)11(16)10(7)8;/h3-4,9,13,15H,1-2,5H2;1H/t9-;/m0./s1. The van der Waals surface area contributed by atoms with Gasteiger partial charge in [0.25, 0.3) is 5.91 Å². The van der Waals surface area contributed by atoms with E-state index in [-0.39, 0.29) is 30.1 Å². The smallest absolute Gasteiger partial charge is 0.256 e. The fraction of sp³-hybridized carbons (Fsp3) is 0.364. The number of amides is 1. The van der Waals surface area contributed by atoms with E-state index in [0.29, 0.717) is 17.1 Å². The van der Waals surface area contributed by atoms with Gasteiger partial charge in [0, 0.05) is 19.6 Å². The number of nitrogens with zero attached hydrogens (tertiary/aromatic N) is 1. The Morgan fingerprint density at radius 2 is 2.24 bits per heavy atom. The molecular formula is C11H12Cl2N2O2. The van der Waals surface area contributed by atoms with E-state index in [0.717, 1.165) is 18.7 Å². The minimum Gasteiger partial charge on any atom is -0.508 e. The third-order valence-electron chi connectivity index (χ3n) is 3.18. The van der Waals surface area contributed by atoms with Crippen molar-refractivity contribution in [3.05, 3.63) is 28.3 Å². The van der Waals surface area contributed by atoms with Gasteiger partial charge < -0.3 is 15.3 Å². The molecule has 4 nitrogen and oxygen atoms in total. The van der Waals surface area contributed by atoms with Crippen LogP contribution in [0.3, 0.4) is 0 Å². The predicted molar refractivity (Wildman–Crippen MR) is 67.0 cm³/mol. The van der Waals surface area contributed by atoms with Gasteiger partial charge in [-0.2, -0.15) is 0 Å². The lowest BCUT2D eigenvalue weighted by atomic mass is 10.0. The van der Waals surface area contributed by atoms with E-state index in [2.05, 4.69) is 5.32 Å². The summed E-state index contributed by atoms with van der Waals surface area (Å²) in [6.45, 7) is 2.22. The van der Waals surface area contributed by atoms with Crippen LogP contribution in [0.2, 0.25) is 5.02 Å². The van der Waals surface area contributed by atoms with Gasteiger partial charge in [0.2, 0.25) is 0 Å². The van der Waals surface area contributed by atoms with E-state index in [4.69, 9.17) is 11.6 Å². The first kappa shape index (κ1) is 12.5. The van der Waals surface area contributed by atoms with Crippen LogP contribution >= 0.6 is 24.0 Å². The van der Waals surface area contributed by atoms with E-state index < -0.39 is 0 Å². The molecular weight excluding hydrogens is 263 g/mol. The van der Waals surface area contributed by atoms with E-state index in [1.165, 1.54) is 6.07 Å². The first-order valence-corrected chi connectivity index (χ1v) is 5.60. The molecule has 0 spiro atoms. The van der Waals surface area contributed by atoms with E-state index in [1.54, 1.807) is 6.07 Å². The third kappa shape index (κ3) is 1.76. The Hall–Kier alpha value is -0.970. The zero-order valence-corrected chi connectivity index (χ0v) is 10.5. The van der Waals surface area contributed by atoms with Gasteiger partial charge in [0.1, 0.15) is 5.75 Å². The third-order valence-corrected chi connectivity index (χ3v) is 3.48. The molecule has 3 rings (SSSR count).